The normalized spacial score (nSPS) is 12.4. The van der Waals surface area contributed by atoms with Crippen molar-refractivity contribution in [1.29, 1.82) is 0 Å². The third-order valence-electron chi connectivity index (χ3n) is 14.0. The maximum absolute atomic E-state index is 12.9. The van der Waals surface area contributed by atoms with Gasteiger partial charge in [0, 0.05) is 19.3 Å². The average molecular weight is 1020 g/mol. The van der Waals surface area contributed by atoms with Gasteiger partial charge in [0.25, 0.3) is 0 Å². The van der Waals surface area contributed by atoms with Crippen LogP contribution in [0.4, 0.5) is 0 Å². The molecule has 1 atom stereocenters. The van der Waals surface area contributed by atoms with Crippen molar-refractivity contribution in [2.75, 3.05) is 13.2 Å². The van der Waals surface area contributed by atoms with Crippen molar-refractivity contribution in [2.45, 2.75) is 335 Å². The lowest BCUT2D eigenvalue weighted by atomic mass is 10.1. The first-order valence-electron chi connectivity index (χ1n) is 31.8. The first-order chi connectivity index (χ1) is 36.0. The Balaban J connectivity index is 4.38. The van der Waals surface area contributed by atoms with E-state index in [2.05, 4.69) is 81.5 Å². The summed E-state index contributed by atoms with van der Waals surface area (Å²) in [4.78, 5) is 38.3. The molecule has 0 radical (unpaired) electrons. The van der Waals surface area contributed by atoms with Crippen LogP contribution in [-0.2, 0) is 28.6 Å². The Morgan fingerprint density at radius 1 is 0.274 bits per heavy atom. The summed E-state index contributed by atoms with van der Waals surface area (Å²) < 4.78 is 16.9. The smallest absolute Gasteiger partial charge is 0.306 e. The Bertz CT molecular complexity index is 1310. The van der Waals surface area contributed by atoms with Gasteiger partial charge in [0.05, 0.1) is 0 Å². The Kier molecular flexibility index (Phi) is 59.2. The molecule has 0 N–H and O–H groups in total. The van der Waals surface area contributed by atoms with E-state index in [1.165, 1.54) is 212 Å². The predicted octanol–water partition coefficient (Wildman–Crippen LogP) is 21.6. The molecule has 0 aliphatic rings. The van der Waals surface area contributed by atoms with Crippen LogP contribution >= 0.6 is 0 Å². The van der Waals surface area contributed by atoms with Crippen molar-refractivity contribution >= 4 is 17.9 Å². The molecule has 0 bridgehead atoms. The van der Waals surface area contributed by atoms with E-state index in [-0.39, 0.29) is 31.1 Å². The molecule has 0 fully saturated rings. The fraction of sp³-hybridized carbons (Fsp3) is 0.806. The topological polar surface area (TPSA) is 78.9 Å². The van der Waals surface area contributed by atoms with Gasteiger partial charge in [-0.1, -0.05) is 261 Å². The number of esters is 3. The minimum absolute atomic E-state index is 0.0781. The quantitative estimate of drug-likeness (QED) is 0.0261. The van der Waals surface area contributed by atoms with Gasteiger partial charge < -0.3 is 14.2 Å². The molecular formula is C67H120O6. The molecule has 424 valence electrons. The molecule has 0 aromatic carbocycles. The lowest BCUT2D eigenvalue weighted by Gasteiger charge is -2.18. The van der Waals surface area contributed by atoms with Crippen LogP contribution in [0.15, 0.2) is 60.8 Å². The summed E-state index contributed by atoms with van der Waals surface area (Å²) in [5.74, 6) is -0.875. The Labute approximate surface area is 453 Å². The minimum Gasteiger partial charge on any atom is -0.462 e. The van der Waals surface area contributed by atoms with Gasteiger partial charge in [0.15, 0.2) is 6.10 Å². The van der Waals surface area contributed by atoms with Gasteiger partial charge in [-0.15, -0.1) is 0 Å². The Morgan fingerprint density at radius 2 is 0.493 bits per heavy atom. The van der Waals surface area contributed by atoms with Crippen LogP contribution in [0, 0.1) is 0 Å². The van der Waals surface area contributed by atoms with Crippen molar-refractivity contribution in [1.82, 2.24) is 0 Å². The van der Waals surface area contributed by atoms with Crippen molar-refractivity contribution in [3.63, 3.8) is 0 Å². The monoisotopic (exact) mass is 1020 g/mol. The minimum atomic E-state index is -0.781. The van der Waals surface area contributed by atoms with Crippen LogP contribution in [0.5, 0.6) is 0 Å². The van der Waals surface area contributed by atoms with Gasteiger partial charge in [-0.3, -0.25) is 14.4 Å². The van der Waals surface area contributed by atoms with Crippen LogP contribution in [0.25, 0.3) is 0 Å². The zero-order valence-corrected chi connectivity index (χ0v) is 48.7. The first-order valence-corrected chi connectivity index (χ1v) is 31.8. The second-order valence-electron chi connectivity index (χ2n) is 21.3. The van der Waals surface area contributed by atoms with Gasteiger partial charge in [0.2, 0.25) is 0 Å². The molecule has 73 heavy (non-hydrogen) atoms. The van der Waals surface area contributed by atoms with E-state index in [0.717, 1.165) is 77.0 Å². The predicted molar refractivity (Wildman–Crippen MR) is 316 cm³/mol. The molecule has 0 aromatic rings. The van der Waals surface area contributed by atoms with E-state index in [1.54, 1.807) is 0 Å². The van der Waals surface area contributed by atoms with E-state index in [4.69, 9.17) is 14.2 Å². The fourth-order valence-corrected chi connectivity index (χ4v) is 9.15. The lowest BCUT2D eigenvalue weighted by molar-refractivity contribution is -0.167. The van der Waals surface area contributed by atoms with Gasteiger partial charge in [-0.2, -0.15) is 0 Å². The van der Waals surface area contributed by atoms with Crippen molar-refractivity contribution in [3.8, 4) is 0 Å². The first kappa shape index (κ1) is 70.1. The van der Waals surface area contributed by atoms with Crippen LogP contribution in [0.2, 0.25) is 0 Å². The molecule has 0 aliphatic carbocycles. The number of rotatable bonds is 58. The molecule has 0 spiro atoms. The standard InChI is InChI=1S/C67H120O6/c1-4-7-10-13-16-19-22-25-28-31-33-36-39-42-45-48-51-54-57-60-66(69)72-63-64(62-71-65(68)59-56-53-50-47-44-41-38-35-30-27-24-21-18-15-12-9-6-3)73-67(70)61-58-55-52-49-46-43-40-37-34-32-29-26-23-20-17-14-11-8-5-2/h16,18-19,21,25-30,64H,4-15,17,20,22-24,31-63H2,1-3H3/b19-16-,21-18-,28-25-,29-26-,30-27-/t64-/m0/s1. The highest BCUT2D eigenvalue weighted by atomic mass is 16.6. The van der Waals surface area contributed by atoms with Gasteiger partial charge in [0.1, 0.15) is 13.2 Å². The zero-order chi connectivity index (χ0) is 52.9. The molecule has 0 amide bonds. The van der Waals surface area contributed by atoms with E-state index in [0.29, 0.717) is 19.3 Å². The second-order valence-corrected chi connectivity index (χ2v) is 21.3. The summed E-state index contributed by atoms with van der Waals surface area (Å²) >= 11 is 0. The van der Waals surface area contributed by atoms with E-state index in [9.17, 15) is 14.4 Å². The molecule has 0 saturated carbocycles. The number of hydrogen-bond acceptors (Lipinski definition) is 6. The summed E-state index contributed by atoms with van der Waals surface area (Å²) in [5, 5.41) is 0. The molecule has 0 rings (SSSR count). The highest BCUT2D eigenvalue weighted by molar-refractivity contribution is 5.71. The summed E-state index contributed by atoms with van der Waals surface area (Å²) in [6.07, 6.45) is 77.8. The number of carbonyl (C=O) groups excluding carboxylic acids is 3. The zero-order valence-electron chi connectivity index (χ0n) is 48.7. The number of unbranched alkanes of at least 4 members (excludes halogenated alkanes) is 37. The van der Waals surface area contributed by atoms with Crippen LogP contribution < -0.4 is 0 Å². The van der Waals surface area contributed by atoms with Gasteiger partial charge in [-0.25, -0.2) is 0 Å². The molecule has 6 heteroatoms. The van der Waals surface area contributed by atoms with Crippen molar-refractivity contribution in [2.24, 2.45) is 0 Å². The van der Waals surface area contributed by atoms with Crippen LogP contribution in [0.1, 0.15) is 329 Å². The molecule has 0 saturated heterocycles. The van der Waals surface area contributed by atoms with Crippen molar-refractivity contribution < 1.29 is 28.6 Å². The van der Waals surface area contributed by atoms with Gasteiger partial charge >= 0.3 is 17.9 Å². The summed E-state index contributed by atoms with van der Waals surface area (Å²) in [7, 11) is 0. The SMILES string of the molecule is CCCCC/C=C\C/C=C\CCCCCCCCCCCC(=O)OC[C@H](COC(=O)CCCCCCCCC/C=C\C/C=C\CCCCC)OC(=O)CCCCCCCCCCC/C=C\CCCCCCCC. The summed E-state index contributed by atoms with van der Waals surface area (Å²) in [6, 6.07) is 0. The molecule has 0 heterocycles. The summed E-state index contributed by atoms with van der Waals surface area (Å²) in [6.45, 7) is 6.62. The summed E-state index contributed by atoms with van der Waals surface area (Å²) in [5.41, 5.74) is 0. The molecular weight excluding hydrogens is 901 g/mol. The van der Waals surface area contributed by atoms with Crippen molar-refractivity contribution in [3.05, 3.63) is 60.8 Å². The lowest BCUT2D eigenvalue weighted by Crippen LogP contribution is -2.30. The maximum atomic E-state index is 12.9. The molecule has 6 nitrogen and oxygen atoms in total. The highest BCUT2D eigenvalue weighted by Gasteiger charge is 2.19. The number of ether oxygens (including phenoxy) is 3. The molecule has 0 unspecified atom stereocenters. The maximum Gasteiger partial charge on any atom is 0.306 e. The fourth-order valence-electron chi connectivity index (χ4n) is 9.15. The largest absolute Gasteiger partial charge is 0.462 e. The molecule has 0 aliphatic heterocycles. The number of carbonyl (C=O) groups is 3. The van der Waals surface area contributed by atoms with E-state index < -0.39 is 6.10 Å². The van der Waals surface area contributed by atoms with Crippen LogP contribution in [0.3, 0.4) is 0 Å². The third-order valence-corrected chi connectivity index (χ3v) is 14.0. The Hall–Kier alpha value is -2.89. The van der Waals surface area contributed by atoms with Gasteiger partial charge in [-0.05, 0) is 109 Å². The van der Waals surface area contributed by atoms with Crippen LogP contribution in [-0.4, -0.2) is 37.2 Å². The van der Waals surface area contributed by atoms with E-state index >= 15 is 0 Å². The molecule has 0 aromatic heterocycles. The number of allylic oxidation sites excluding steroid dienone is 10. The number of hydrogen-bond donors (Lipinski definition) is 0. The Morgan fingerprint density at radius 3 is 0.795 bits per heavy atom. The second kappa shape index (κ2) is 61.7. The van der Waals surface area contributed by atoms with E-state index in [1.807, 2.05) is 0 Å². The highest BCUT2D eigenvalue weighted by Crippen LogP contribution is 2.16. The average Bonchev–Trinajstić information content (AvgIpc) is 3.39. The third kappa shape index (κ3) is 59.9.